The van der Waals surface area contributed by atoms with Crippen LogP contribution in [0.2, 0.25) is 0 Å². The van der Waals surface area contributed by atoms with E-state index in [0.717, 1.165) is 23.6 Å². The van der Waals surface area contributed by atoms with Crippen molar-refractivity contribution >= 4 is 0 Å². The summed E-state index contributed by atoms with van der Waals surface area (Å²) in [5, 5.41) is 10.0. The topological polar surface area (TPSA) is 41.9 Å². The van der Waals surface area contributed by atoms with Gasteiger partial charge in [0.15, 0.2) is 0 Å². The predicted octanol–water partition coefficient (Wildman–Crippen LogP) is 2.75. The highest BCUT2D eigenvalue weighted by atomic mass is 16.5. The summed E-state index contributed by atoms with van der Waals surface area (Å²) in [6, 6.07) is 17.5. The largest absolute Gasteiger partial charge is 0.492 e. The Hall–Kier alpha value is -2.04. The van der Waals surface area contributed by atoms with E-state index in [4.69, 9.17) is 9.47 Å². The molecule has 124 valence electrons. The lowest BCUT2D eigenvalue weighted by Crippen LogP contribution is -2.35. The molecule has 0 saturated carbocycles. The first kappa shape index (κ1) is 17.3. The predicted molar refractivity (Wildman–Crippen MR) is 92.1 cm³/mol. The van der Waals surface area contributed by atoms with Crippen molar-refractivity contribution in [3.63, 3.8) is 0 Å². The molecule has 2 aromatic carbocycles. The van der Waals surface area contributed by atoms with Crippen molar-refractivity contribution in [3.8, 4) is 11.5 Å². The van der Waals surface area contributed by atoms with E-state index in [9.17, 15) is 5.11 Å². The van der Waals surface area contributed by atoms with Gasteiger partial charge in [-0.3, -0.25) is 0 Å². The van der Waals surface area contributed by atoms with E-state index in [1.807, 2.05) is 73.5 Å². The molecule has 0 radical (unpaired) electrons. The van der Waals surface area contributed by atoms with Gasteiger partial charge in [0.2, 0.25) is 0 Å². The fourth-order valence-electron chi connectivity index (χ4n) is 2.24. The second kappa shape index (κ2) is 9.18. The second-order valence-electron chi connectivity index (χ2n) is 5.65. The average Bonchev–Trinajstić information content (AvgIpc) is 2.56. The first-order valence-electron chi connectivity index (χ1n) is 7.88. The summed E-state index contributed by atoms with van der Waals surface area (Å²) in [4.78, 5) is 2.04. The minimum absolute atomic E-state index is 0.285. The molecular formula is C19H25NO3. The van der Waals surface area contributed by atoms with Crippen LogP contribution in [0.3, 0.4) is 0 Å². The van der Waals surface area contributed by atoms with Gasteiger partial charge in [-0.1, -0.05) is 36.4 Å². The number of rotatable bonds is 9. The van der Waals surface area contributed by atoms with E-state index in [1.165, 1.54) is 0 Å². The molecule has 1 unspecified atom stereocenters. The molecule has 0 amide bonds. The smallest absolute Gasteiger partial charge is 0.122 e. The van der Waals surface area contributed by atoms with Crippen molar-refractivity contribution in [2.24, 2.45) is 0 Å². The lowest BCUT2D eigenvalue weighted by molar-refractivity contribution is 0.0722. The monoisotopic (exact) mass is 315 g/mol. The zero-order chi connectivity index (χ0) is 16.5. The molecule has 2 rings (SSSR count). The Bertz CT molecular complexity index is 574. The van der Waals surface area contributed by atoms with Gasteiger partial charge in [0.25, 0.3) is 0 Å². The maximum absolute atomic E-state index is 10.0. The van der Waals surface area contributed by atoms with Crippen molar-refractivity contribution < 1.29 is 14.6 Å². The molecule has 1 atom stereocenters. The number of aryl methyl sites for hydroxylation is 1. The molecule has 0 aliphatic carbocycles. The van der Waals surface area contributed by atoms with Gasteiger partial charge in [-0.25, -0.2) is 0 Å². The molecule has 4 nitrogen and oxygen atoms in total. The molecule has 0 fully saturated rings. The summed E-state index contributed by atoms with van der Waals surface area (Å²) in [5.41, 5.74) is 1.13. The average molecular weight is 315 g/mol. The van der Waals surface area contributed by atoms with Gasteiger partial charge in [0, 0.05) is 13.1 Å². The Balaban J connectivity index is 1.64. The fraction of sp³-hybridized carbons (Fsp3) is 0.368. The highest BCUT2D eigenvalue weighted by molar-refractivity contribution is 5.31. The third kappa shape index (κ3) is 6.30. The summed E-state index contributed by atoms with van der Waals surface area (Å²) in [6.07, 6.45) is -0.529. The lowest BCUT2D eigenvalue weighted by atomic mass is 10.2. The van der Waals surface area contributed by atoms with Crippen molar-refractivity contribution in [1.29, 1.82) is 0 Å². The molecule has 0 aliphatic rings. The summed E-state index contributed by atoms with van der Waals surface area (Å²) in [6.45, 7) is 4.20. The molecular weight excluding hydrogens is 290 g/mol. The third-order valence-corrected chi connectivity index (χ3v) is 3.53. The molecule has 23 heavy (non-hydrogen) atoms. The minimum atomic E-state index is -0.529. The number of hydrogen-bond acceptors (Lipinski definition) is 4. The number of likely N-dealkylation sites (N-methyl/N-ethyl adjacent to an activating group) is 1. The van der Waals surface area contributed by atoms with E-state index in [1.54, 1.807) is 0 Å². The molecule has 0 bridgehead atoms. The molecule has 4 heteroatoms. The highest BCUT2D eigenvalue weighted by Gasteiger charge is 2.09. The highest BCUT2D eigenvalue weighted by Crippen LogP contribution is 2.15. The van der Waals surface area contributed by atoms with Gasteiger partial charge < -0.3 is 19.5 Å². The Morgan fingerprint density at radius 3 is 2.43 bits per heavy atom. The van der Waals surface area contributed by atoms with Crippen molar-refractivity contribution in [1.82, 2.24) is 4.90 Å². The molecule has 0 spiro atoms. The molecule has 0 aromatic heterocycles. The first-order chi connectivity index (χ1) is 11.1. The van der Waals surface area contributed by atoms with E-state index in [-0.39, 0.29) is 6.61 Å². The van der Waals surface area contributed by atoms with Gasteiger partial charge >= 0.3 is 0 Å². The van der Waals surface area contributed by atoms with Crippen LogP contribution < -0.4 is 9.47 Å². The van der Waals surface area contributed by atoms with Crippen LogP contribution >= 0.6 is 0 Å². The van der Waals surface area contributed by atoms with Crippen molar-refractivity contribution in [2.45, 2.75) is 13.0 Å². The third-order valence-electron chi connectivity index (χ3n) is 3.53. The molecule has 1 N–H and O–H groups in total. The van der Waals surface area contributed by atoms with Gasteiger partial charge in [-0.2, -0.15) is 0 Å². The van der Waals surface area contributed by atoms with Gasteiger partial charge in [0.05, 0.1) is 0 Å². The second-order valence-corrected chi connectivity index (χ2v) is 5.65. The first-order valence-corrected chi connectivity index (χ1v) is 7.88. The zero-order valence-corrected chi connectivity index (χ0v) is 13.8. The standard InChI is InChI=1S/C19H25NO3/c1-16-8-6-7-11-19(16)22-13-12-20(2)14-17(21)15-23-18-9-4-3-5-10-18/h3-11,17,21H,12-15H2,1-2H3. The van der Waals surface area contributed by atoms with E-state index in [2.05, 4.69) is 0 Å². The Labute approximate surface area is 138 Å². The number of aliphatic hydroxyl groups excluding tert-OH is 1. The Morgan fingerprint density at radius 1 is 1.00 bits per heavy atom. The van der Waals surface area contributed by atoms with Crippen LogP contribution in [0.5, 0.6) is 11.5 Å². The summed E-state index contributed by atoms with van der Waals surface area (Å²) in [5.74, 6) is 1.69. The molecule has 0 saturated heterocycles. The van der Waals surface area contributed by atoms with Crippen LogP contribution in [0.15, 0.2) is 54.6 Å². The summed E-state index contributed by atoms with van der Waals surface area (Å²) >= 11 is 0. The van der Waals surface area contributed by atoms with Crippen LogP contribution in [-0.2, 0) is 0 Å². The number of benzene rings is 2. The normalized spacial score (nSPS) is 12.2. The van der Waals surface area contributed by atoms with Gasteiger partial charge in [-0.15, -0.1) is 0 Å². The quantitative estimate of drug-likeness (QED) is 0.772. The number of ether oxygens (including phenoxy) is 2. The van der Waals surface area contributed by atoms with Crippen molar-refractivity contribution in [3.05, 3.63) is 60.2 Å². The molecule has 0 aliphatic heterocycles. The van der Waals surface area contributed by atoms with Crippen LogP contribution in [-0.4, -0.2) is 49.5 Å². The maximum Gasteiger partial charge on any atom is 0.122 e. The van der Waals surface area contributed by atoms with E-state index in [0.29, 0.717) is 13.2 Å². The van der Waals surface area contributed by atoms with E-state index < -0.39 is 6.10 Å². The number of nitrogens with zero attached hydrogens (tertiary/aromatic N) is 1. The molecule has 2 aromatic rings. The maximum atomic E-state index is 10.0. The fourth-order valence-corrected chi connectivity index (χ4v) is 2.24. The Kier molecular flexibility index (Phi) is 6.91. The summed E-state index contributed by atoms with van der Waals surface area (Å²) < 4.78 is 11.3. The van der Waals surface area contributed by atoms with Crippen LogP contribution in [0.25, 0.3) is 0 Å². The number of aliphatic hydroxyl groups is 1. The zero-order valence-electron chi connectivity index (χ0n) is 13.8. The van der Waals surface area contributed by atoms with Crippen LogP contribution in [0.4, 0.5) is 0 Å². The van der Waals surface area contributed by atoms with Crippen molar-refractivity contribution in [2.75, 3.05) is 33.4 Å². The minimum Gasteiger partial charge on any atom is -0.492 e. The SMILES string of the molecule is Cc1ccccc1OCCN(C)CC(O)COc1ccccc1. The summed E-state index contributed by atoms with van der Waals surface area (Å²) in [7, 11) is 1.97. The Morgan fingerprint density at radius 2 is 1.70 bits per heavy atom. The van der Waals surface area contributed by atoms with Gasteiger partial charge in [-0.05, 0) is 37.7 Å². The van der Waals surface area contributed by atoms with Gasteiger partial charge in [0.1, 0.15) is 30.8 Å². The van der Waals surface area contributed by atoms with E-state index >= 15 is 0 Å². The van der Waals surface area contributed by atoms with Crippen LogP contribution in [0.1, 0.15) is 5.56 Å². The number of hydrogen-bond donors (Lipinski definition) is 1. The molecule has 0 heterocycles. The number of para-hydroxylation sites is 2. The van der Waals surface area contributed by atoms with Crippen LogP contribution in [0, 0.1) is 6.92 Å². The lowest BCUT2D eigenvalue weighted by Gasteiger charge is -2.21.